The zero-order valence-corrected chi connectivity index (χ0v) is 9.24. The van der Waals surface area contributed by atoms with Crippen molar-refractivity contribution in [3.63, 3.8) is 0 Å². The van der Waals surface area contributed by atoms with Gasteiger partial charge in [0.2, 0.25) is 0 Å². The Hall–Kier alpha value is -1.15. The van der Waals surface area contributed by atoms with Gasteiger partial charge in [-0.25, -0.2) is 0 Å². The van der Waals surface area contributed by atoms with Gasteiger partial charge in [0, 0.05) is 17.9 Å². The summed E-state index contributed by atoms with van der Waals surface area (Å²) in [7, 11) is 0. The van der Waals surface area contributed by atoms with Gasteiger partial charge in [-0.15, -0.1) is 0 Å². The van der Waals surface area contributed by atoms with Crippen LogP contribution in [0.5, 0.6) is 0 Å². The molecule has 80 valence electrons. The Morgan fingerprint density at radius 3 is 3.00 bits per heavy atom. The molecule has 15 heavy (non-hydrogen) atoms. The molecule has 1 aliphatic carbocycles. The van der Waals surface area contributed by atoms with Crippen LogP contribution in [0.2, 0.25) is 0 Å². The molecule has 1 aromatic heterocycles. The number of rotatable bonds is 5. The summed E-state index contributed by atoms with van der Waals surface area (Å²) in [5, 5.41) is 3.49. The zero-order valence-electron chi connectivity index (χ0n) is 9.24. The van der Waals surface area contributed by atoms with Crippen molar-refractivity contribution in [3.8, 4) is 0 Å². The Labute approximate surface area is 91.4 Å². The summed E-state index contributed by atoms with van der Waals surface area (Å²) >= 11 is 0. The molecule has 0 amide bonds. The van der Waals surface area contributed by atoms with Crippen LogP contribution in [-0.4, -0.2) is 17.6 Å². The minimum atomic E-state index is 0.819. The van der Waals surface area contributed by atoms with Crippen molar-refractivity contribution in [1.29, 1.82) is 0 Å². The monoisotopic (exact) mass is 202 g/mol. The number of hydrogen-bond donors (Lipinski definition) is 1. The Balaban J connectivity index is 1.70. The predicted octanol–water partition coefficient (Wildman–Crippen LogP) is 2.55. The zero-order chi connectivity index (χ0) is 10.5. The fraction of sp³-hybridized carbons (Fsp3) is 0.462. The first-order chi connectivity index (χ1) is 7.34. The van der Waals surface area contributed by atoms with E-state index in [2.05, 4.69) is 28.5 Å². The quantitative estimate of drug-likeness (QED) is 0.742. The van der Waals surface area contributed by atoms with Crippen LogP contribution in [0.3, 0.4) is 0 Å². The summed E-state index contributed by atoms with van der Waals surface area (Å²) < 4.78 is 0. The Kier molecular flexibility index (Phi) is 3.51. The molecule has 0 radical (unpaired) electrons. The van der Waals surface area contributed by atoms with E-state index < -0.39 is 0 Å². The summed E-state index contributed by atoms with van der Waals surface area (Å²) in [4.78, 5) is 4.25. The lowest BCUT2D eigenvalue weighted by Crippen LogP contribution is -2.16. The molecule has 2 heteroatoms. The van der Waals surface area contributed by atoms with Crippen LogP contribution in [-0.2, 0) is 0 Å². The summed E-state index contributed by atoms with van der Waals surface area (Å²) in [6.07, 6.45) is 10.1. The van der Waals surface area contributed by atoms with E-state index in [0.29, 0.717) is 0 Å². The highest BCUT2D eigenvalue weighted by Crippen LogP contribution is 2.18. The van der Waals surface area contributed by atoms with Crippen LogP contribution in [0.4, 0.5) is 0 Å². The number of nitrogens with one attached hydrogen (secondary N) is 1. The normalized spacial score (nSPS) is 16.1. The lowest BCUT2D eigenvalue weighted by Gasteiger charge is -1.97. The number of aromatic nitrogens is 1. The topological polar surface area (TPSA) is 24.9 Å². The summed E-state index contributed by atoms with van der Waals surface area (Å²) in [6, 6.07) is 4.97. The van der Waals surface area contributed by atoms with Crippen molar-refractivity contribution in [2.45, 2.75) is 32.2 Å². The molecular formula is C13H18N2. The molecule has 0 aliphatic heterocycles. The lowest BCUT2D eigenvalue weighted by molar-refractivity contribution is 0.691. The molecule has 1 aromatic rings. The van der Waals surface area contributed by atoms with Crippen molar-refractivity contribution < 1.29 is 0 Å². The smallest absolute Gasteiger partial charge is 0.0373 e. The van der Waals surface area contributed by atoms with E-state index in [1.54, 1.807) is 0 Å². The van der Waals surface area contributed by atoms with Crippen molar-refractivity contribution in [2.24, 2.45) is 0 Å². The maximum Gasteiger partial charge on any atom is 0.0373 e. The fourth-order valence-electron chi connectivity index (χ4n) is 1.46. The van der Waals surface area contributed by atoms with Gasteiger partial charge in [-0.2, -0.15) is 0 Å². The molecule has 2 rings (SSSR count). The van der Waals surface area contributed by atoms with Gasteiger partial charge in [0.25, 0.3) is 0 Å². The Bertz CT molecular complexity index is 323. The second-order valence-corrected chi connectivity index (χ2v) is 4.15. The van der Waals surface area contributed by atoms with Crippen molar-refractivity contribution >= 4 is 6.08 Å². The lowest BCUT2D eigenvalue weighted by atomic mass is 10.2. The minimum Gasteiger partial charge on any atom is -0.314 e. The summed E-state index contributed by atoms with van der Waals surface area (Å²) in [5.41, 5.74) is 2.26. The van der Waals surface area contributed by atoms with Gasteiger partial charge in [-0.1, -0.05) is 18.2 Å². The first kappa shape index (κ1) is 10.4. The Morgan fingerprint density at radius 1 is 1.47 bits per heavy atom. The predicted molar refractivity (Wildman–Crippen MR) is 63.6 cm³/mol. The number of aryl methyl sites for hydroxylation is 1. The first-order valence-electron chi connectivity index (χ1n) is 5.67. The molecule has 1 heterocycles. The highest BCUT2D eigenvalue weighted by atomic mass is 14.9. The minimum absolute atomic E-state index is 0.819. The largest absolute Gasteiger partial charge is 0.314 e. The van der Waals surface area contributed by atoms with E-state index in [-0.39, 0.29) is 0 Å². The fourth-order valence-corrected chi connectivity index (χ4v) is 1.46. The SMILES string of the molecule is Cc1ccc(C=CCCNC2CC2)cn1. The van der Waals surface area contributed by atoms with Crippen LogP contribution >= 0.6 is 0 Å². The third-order valence-corrected chi connectivity index (χ3v) is 2.57. The third kappa shape index (κ3) is 3.84. The van der Waals surface area contributed by atoms with E-state index >= 15 is 0 Å². The van der Waals surface area contributed by atoms with E-state index in [9.17, 15) is 0 Å². The van der Waals surface area contributed by atoms with Crippen LogP contribution in [0.25, 0.3) is 6.08 Å². The van der Waals surface area contributed by atoms with E-state index in [4.69, 9.17) is 0 Å². The molecule has 1 aliphatic rings. The first-order valence-corrected chi connectivity index (χ1v) is 5.67. The molecule has 0 atom stereocenters. The van der Waals surface area contributed by atoms with E-state index in [1.165, 1.54) is 18.4 Å². The molecule has 2 nitrogen and oxygen atoms in total. The third-order valence-electron chi connectivity index (χ3n) is 2.57. The molecule has 1 saturated carbocycles. The van der Waals surface area contributed by atoms with Crippen molar-refractivity contribution in [3.05, 3.63) is 35.7 Å². The summed E-state index contributed by atoms with van der Waals surface area (Å²) in [6.45, 7) is 3.10. The second kappa shape index (κ2) is 5.08. The second-order valence-electron chi connectivity index (χ2n) is 4.15. The average molecular weight is 202 g/mol. The van der Waals surface area contributed by atoms with Gasteiger partial charge in [0.15, 0.2) is 0 Å². The Morgan fingerprint density at radius 2 is 2.33 bits per heavy atom. The molecule has 0 aromatic carbocycles. The maximum absolute atomic E-state index is 4.25. The summed E-state index contributed by atoms with van der Waals surface area (Å²) in [5.74, 6) is 0. The van der Waals surface area contributed by atoms with Crippen LogP contribution in [0.1, 0.15) is 30.5 Å². The van der Waals surface area contributed by atoms with Crippen molar-refractivity contribution in [2.75, 3.05) is 6.54 Å². The number of hydrogen-bond acceptors (Lipinski definition) is 2. The molecule has 1 fully saturated rings. The molecule has 0 spiro atoms. The van der Waals surface area contributed by atoms with E-state index in [0.717, 1.165) is 24.7 Å². The van der Waals surface area contributed by atoms with Gasteiger partial charge in [-0.05, 0) is 44.4 Å². The van der Waals surface area contributed by atoms with Crippen LogP contribution in [0, 0.1) is 6.92 Å². The van der Waals surface area contributed by atoms with Gasteiger partial charge in [-0.3, -0.25) is 4.98 Å². The highest BCUT2D eigenvalue weighted by Gasteiger charge is 2.19. The average Bonchev–Trinajstić information content (AvgIpc) is 3.04. The molecule has 0 unspecified atom stereocenters. The standard InChI is InChI=1S/C13H18N2/c1-11-5-6-12(10-15-11)4-2-3-9-14-13-7-8-13/h2,4-6,10,13-14H,3,7-9H2,1H3. The maximum atomic E-state index is 4.25. The molecular weight excluding hydrogens is 184 g/mol. The highest BCUT2D eigenvalue weighted by molar-refractivity contribution is 5.47. The van der Waals surface area contributed by atoms with Gasteiger partial charge >= 0.3 is 0 Å². The van der Waals surface area contributed by atoms with Crippen LogP contribution < -0.4 is 5.32 Å². The number of pyridine rings is 1. The molecule has 1 N–H and O–H groups in total. The van der Waals surface area contributed by atoms with Crippen molar-refractivity contribution in [1.82, 2.24) is 10.3 Å². The molecule has 0 bridgehead atoms. The van der Waals surface area contributed by atoms with Gasteiger partial charge in [0.05, 0.1) is 0 Å². The van der Waals surface area contributed by atoms with E-state index in [1.807, 2.05) is 19.2 Å². The van der Waals surface area contributed by atoms with Gasteiger partial charge in [0.1, 0.15) is 0 Å². The van der Waals surface area contributed by atoms with Gasteiger partial charge < -0.3 is 5.32 Å². The number of nitrogens with zero attached hydrogens (tertiary/aromatic N) is 1. The molecule has 0 saturated heterocycles. The van der Waals surface area contributed by atoms with Crippen LogP contribution in [0.15, 0.2) is 24.4 Å².